The molecule has 1 N–H and O–H groups in total. The minimum Gasteiger partial charge on any atom is -0.495 e. The minimum atomic E-state index is -0.0132. The highest BCUT2D eigenvalue weighted by Gasteiger charge is 2.22. The van der Waals surface area contributed by atoms with Gasteiger partial charge in [0, 0.05) is 41.6 Å². The summed E-state index contributed by atoms with van der Waals surface area (Å²) < 4.78 is 10.7. The molecule has 0 unspecified atom stereocenters. The lowest BCUT2D eigenvalue weighted by atomic mass is 9.90. The van der Waals surface area contributed by atoms with Gasteiger partial charge in [0.2, 0.25) is 5.88 Å². The van der Waals surface area contributed by atoms with E-state index in [0.717, 1.165) is 17.0 Å². The van der Waals surface area contributed by atoms with E-state index in [1.807, 2.05) is 42.6 Å². The second-order valence-electron chi connectivity index (χ2n) is 5.30. The van der Waals surface area contributed by atoms with E-state index in [1.54, 1.807) is 20.5 Å². The van der Waals surface area contributed by atoms with Gasteiger partial charge in [-0.1, -0.05) is 29.8 Å². The first kappa shape index (κ1) is 16.3. The van der Waals surface area contributed by atoms with E-state index in [0.29, 0.717) is 23.1 Å². The largest absolute Gasteiger partial charge is 0.495 e. The second-order valence-corrected chi connectivity index (χ2v) is 5.70. The Labute approximate surface area is 145 Å². The molecule has 0 aliphatic rings. The number of ether oxygens (including phenoxy) is 2. The van der Waals surface area contributed by atoms with Crippen molar-refractivity contribution < 1.29 is 9.47 Å². The number of methoxy groups -OCH3 is 2. The number of pyridine rings is 1. The molecule has 0 saturated heterocycles. The molecule has 5 nitrogen and oxygen atoms in total. The topological polar surface area (TPSA) is 60.0 Å². The highest BCUT2D eigenvalue weighted by atomic mass is 35.5. The number of rotatable bonds is 6. The maximum absolute atomic E-state index is 6.30. The van der Waals surface area contributed by atoms with Crippen molar-refractivity contribution in [3.63, 3.8) is 0 Å². The first-order valence-corrected chi connectivity index (χ1v) is 7.91. The molecule has 2 aromatic heterocycles. The van der Waals surface area contributed by atoms with Crippen LogP contribution in [0.1, 0.15) is 22.9 Å². The number of halogens is 1. The van der Waals surface area contributed by atoms with Gasteiger partial charge in [0.05, 0.1) is 25.6 Å². The summed E-state index contributed by atoms with van der Waals surface area (Å²) in [7, 11) is 3.23. The van der Waals surface area contributed by atoms with E-state index in [4.69, 9.17) is 21.1 Å². The average Bonchev–Trinajstić information content (AvgIpc) is 3.14. The van der Waals surface area contributed by atoms with Gasteiger partial charge in [-0.15, -0.1) is 0 Å². The van der Waals surface area contributed by atoms with E-state index in [-0.39, 0.29) is 5.92 Å². The summed E-state index contributed by atoms with van der Waals surface area (Å²) in [5, 5.41) is 0.582. The third-order valence-corrected chi connectivity index (χ3v) is 4.17. The zero-order valence-corrected chi connectivity index (χ0v) is 14.2. The lowest BCUT2D eigenvalue weighted by Crippen LogP contribution is -2.09. The SMILES string of the molecule is COc1cccc(C[C@@H](c2cnc[nH]2)c2cccc(Cl)c2OC)n1. The fourth-order valence-corrected chi connectivity index (χ4v) is 3.01. The molecular weight excluding hydrogens is 326 g/mol. The third-order valence-electron chi connectivity index (χ3n) is 3.88. The smallest absolute Gasteiger partial charge is 0.213 e. The van der Waals surface area contributed by atoms with E-state index in [9.17, 15) is 0 Å². The van der Waals surface area contributed by atoms with Gasteiger partial charge in [-0.25, -0.2) is 9.97 Å². The maximum Gasteiger partial charge on any atom is 0.213 e. The molecule has 124 valence electrons. The number of aromatic amines is 1. The zero-order chi connectivity index (χ0) is 16.9. The molecule has 0 fully saturated rings. The summed E-state index contributed by atoms with van der Waals surface area (Å²) in [6.07, 6.45) is 4.14. The normalized spacial score (nSPS) is 12.0. The monoisotopic (exact) mass is 343 g/mol. The summed E-state index contributed by atoms with van der Waals surface area (Å²) in [4.78, 5) is 11.8. The van der Waals surface area contributed by atoms with Gasteiger partial charge in [0.1, 0.15) is 5.75 Å². The number of para-hydroxylation sites is 1. The van der Waals surface area contributed by atoms with Gasteiger partial charge in [0.15, 0.2) is 0 Å². The van der Waals surface area contributed by atoms with Crippen LogP contribution in [0.15, 0.2) is 48.9 Å². The molecule has 24 heavy (non-hydrogen) atoms. The molecule has 0 bridgehead atoms. The number of aromatic nitrogens is 3. The first-order chi connectivity index (χ1) is 11.7. The first-order valence-electron chi connectivity index (χ1n) is 7.53. The van der Waals surface area contributed by atoms with E-state index in [1.165, 1.54) is 0 Å². The number of imidazole rings is 1. The molecule has 6 heteroatoms. The third kappa shape index (κ3) is 3.36. The average molecular weight is 344 g/mol. The molecule has 3 rings (SSSR count). The Balaban J connectivity index is 2.03. The predicted octanol–water partition coefficient (Wildman–Crippen LogP) is 3.85. The molecule has 0 saturated carbocycles. The van der Waals surface area contributed by atoms with E-state index in [2.05, 4.69) is 15.0 Å². The van der Waals surface area contributed by atoms with Crippen molar-refractivity contribution in [2.75, 3.05) is 14.2 Å². The molecule has 0 aliphatic heterocycles. The predicted molar refractivity (Wildman–Crippen MR) is 92.9 cm³/mol. The highest BCUT2D eigenvalue weighted by Crippen LogP contribution is 2.37. The van der Waals surface area contributed by atoms with Crippen molar-refractivity contribution in [2.45, 2.75) is 12.3 Å². The lowest BCUT2D eigenvalue weighted by molar-refractivity contribution is 0.395. The summed E-state index contributed by atoms with van der Waals surface area (Å²) in [5.74, 6) is 1.25. The van der Waals surface area contributed by atoms with Crippen LogP contribution in [0.4, 0.5) is 0 Å². The summed E-state index contributed by atoms with van der Waals surface area (Å²) in [6.45, 7) is 0. The van der Waals surface area contributed by atoms with Crippen LogP contribution in [-0.4, -0.2) is 29.2 Å². The molecule has 3 aromatic rings. The second kappa shape index (κ2) is 7.36. The van der Waals surface area contributed by atoms with Gasteiger partial charge < -0.3 is 14.5 Å². The molecule has 0 amide bonds. The van der Waals surface area contributed by atoms with Gasteiger partial charge in [-0.3, -0.25) is 0 Å². The van der Waals surface area contributed by atoms with Crippen LogP contribution in [0.25, 0.3) is 0 Å². The van der Waals surface area contributed by atoms with E-state index >= 15 is 0 Å². The fourth-order valence-electron chi connectivity index (χ4n) is 2.75. The quantitative estimate of drug-likeness (QED) is 0.738. The molecule has 0 radical (unpaired) electrons. The van der Waals surface area contributed by atoms with Crippen molar-refractivity contribution in [2.24, 2.45) is 0 Å². The number of hydrogen-bond acceptors (Lipinski definition) is 4. The molecule has 0 spiro atoms. The molecule has 2 heterocycles. The number of nitrogens with zero attached hydrogens (tertiary/aromatic N) is 2. The Kier molecular flexibility index (Phi) is 5.01. The van der Waals surface area contributed by atoms with Crippen LogP contribution in [0, 0.1) is 0 Å². The minimum absolute atomic E-state index is 0.0132. The van der Waals surface area contributed by atoms with E-state index < -0.39 is 0 Å². The van der Waals surface area contributed by atoms with Gasteiger partial charge in [-0.05, 0) is 12.1 Å². The van der Waals surface area contributed by atoms with Crippen LogP contribution >= 0.6 is 11.6 Å². The van der Waals surface area contributed by atoms with Gasteiger partial charge >= 0.3 is 0 Å². The molecule has 0 aliphatic carbocycles. The summed E-state index contributed by atoms with van der Waals surface area (Å²) >= 11 is 6.30. The molecule has 1 aromatic carbocycles. The molecular formula is C18H18ClN3O2. The summed E-state index contributed by atoms with van der Waals surface area (Å²) in [5.41, 5.74) is 2.87. The maximum atomic E-state index is 6.30. The van der Waals surface area contributed by atoms with Crippen molar-refractivity contribution in [1.29, 1.82) is 0 Å². The molecule has 1 atom stereocenters. The van der Waals surface area contributed by atoms with Crippen LogP contribution in [0.3, 0.4) is 0 Å². The van der Waals surface area contributed by atoms with Crippen molar-refractivity contribution in [1.82, 2.24) is 15.0 Å². The Hall–Kier alpha value is -2.53. The van der Waals surface area contributed by atoms with Crippen LogP contribution in [0.2, 0.25) is 5.02 Å². The Morgan fingerprint density at radius 1 is 1.12 bits per heavy atom. The highest BCUT2D eigenvalue weighted by molar-refractivity contribution is 6.32. The number of H-pyrrole nitrogens is 1. The number of benzene rings is 1. The van der Waals surface area contributed by atoms with Crippen LogP contribution < -0.4 is 9.47 Å². The Morgan fingerprint density at radius 3 is 2.67 bits per heavy atom. The number of nitrogens with one attached hydrogen (secondary N) is 1. The van der Waals surface area contributed by atoms with Crippen molar-refractivity contribution in [3.05, 3.63) is 70.9 Å². The van der Waals surface area contributed by atoms with Gasteiger partial charge in [0.25, 0.3) is 0 Å². The van der Waals surface area contributed by atoms with Gasteiger partial charge in [-0.2, -0.15) is 0 Å². The standard InChI is InChI=1S/C18H18ClN3O2/c1-23-17-8-3-5-12(22-17)9-14(16-10-20-11-21-16)13-6-4-7-15(19)18(13)24-2/h3-8,10-11,14H,9H2,1-2H3,(H,20,21)/t14-/m1/s1. The number of hydrogen-bond donors (Lipinski definition) is 1. The Morgan fingerprint density at radius 2 is 1.96 bits per heavy atom. The fraction of sp³-hybridized carbons (Fsp3) is 0.222. The van der Waals surface area contributed by atoms with Crippen molar-refractivity contribution >= 4 is 11.6 Å². The summed E-state index contributed by atoms with van der Waals surface area (Å²) in [6, 6.07) is 11.5. The zero-order valence-electron chi connectivity index (χ0n) is 13.5. The Bertz CT molecular complexity index is 806. The van der Waals surface area contributed by atoms with Crippen LogP contribution in [-0.2, 0) is 6.42 Å². The lowest BCUT2D eigenvalue weighted by Gasteiger charge is -2.19. The van der Waals surface area contributed by atoms with Crippen LogP contribution in [0.5, 0.6) is 11.6 Å². The van der Waals surface area contributed by atoms with Crippen molar-refractivity contribution in [3.8, 4) is 11.6 Å².